The molecule has 0 radical (unpaired) electrons. The van der Waals surface area contributed by atoms with Gasteiger partial charge in [-0.15, -0.1) is 6.58 Å². The van der Waals surface area contributed by atoms with Crippen molar-refractivity contribution in [1.82, 2.24) is 4.31 Å². The lowest BCUT2D eigenvalue weighted by molar-refractivity contribution is 0.0844. The van der Waals surface area contributed by atoms with Gasteiger partial charge in [-0.05, 0) is 19.1 Å². The first-order chi connectivity index (χ1) is 14.4. The average molecular weight is 420 g/mol. The van der Waals surface area contributed by atoms with Crippen molar-refractivity contribution in [1.29, 1.82) is 0 Å². The van der Waals surface area contributed by atoms with E-state index < -0.39 is 16.1 Å². The maximum atomic E-state index is 13.5. The van der Waals surface area contributed by atoms with Crippen LogP contribution >= 0.6 is 0 Å². The van der Waals surface area contributed by atoms with Gasteiger partial charge in [-0.2, -0.15) is 4.31 Å². The quantitative estimate of drug-likeness (QED) is 0.493. The second-order valence-electron chi connectivity index (χ2n) is 7.85. The van der Waals surface area contributed by atoms with E-state index in [0.29, 0.717) is 5.56 Å². The van der Waals surface area contributed by atoms with Crippen LogP contribution in [0.25, 0.3) is 0 Å². The molecule has 30 heavy (non-hydrogen) atoms. The molecular weight excluding hydrogens is 394 g/mol. The summed E-state index contributed by atoms with van der Waals surface area (Å²) in [7, 11) is -3.75. The molecule has 0 heterocycles. The van der Waals surface area contributed by atoms with Gasteiger partial charge in [0.25, 0.3) is 0 Å². The molecule has 2 aliphatic rings. The number of hydrogen-bond donors (Lipinski definition) is 0. The minimum atomic E-state index is -3.75. The predicted octanol–water partition coefficient (Wildman–Crippen LogP) is 4.41. The van der Waals surface area contributed by atoms with E-state index in [0.717, 1.165) is 5.56 Å². The Balaban J connectivity index is 1.70. The van der Waals surface area contributed by atoms with E-state index in [1.165, 1.54) is 4.31 Å². The maximum Gasteiger partial charge on any atom is 0.243 e. The Morgan fingerprint density at radius 1 is 1.00 bits per heavy atom. The van der Waals surface area contributed by atoms with Crippen molar-refractivity contribution in [3.05, 3.63) is 103 Å². The highest BCUT2D eigenvalue weighted by Gasteiger charge is 2.46. The molecule has 0 amide bonds. The monoisotopic (exact) mass is 419 g/mol. The van der Waals surface area contributed by atoms with Crippen molar-refractivity contribution in [3.63, 3.8) is 0 Å². The number of nitrogens with zero attached hydrogens (tertiary/aromatic N) is 1. The van der Waals surface area contributed by atoms with Crippen LogP contribution in [0.3, 0.4) is 0 Å². The number of allylic oxidation sites excluding steroid dienone is 2. The summed E-state index contributed by atoms with van der Waals surface area (Å²) in [6.07, 6.45) is 9.52. The summed E-state index contributed by atoms with van der Waals surface area (Å²) < 4.78 is 28.4. The van der Waals surface area contributed by atoms with Crippen LogP contribution in [-0.4, -0.2) is 31.1 Å². The van der Waals surface area contributed by atoms with E-state index in [9.17, 15) is 13.2 Å². The maximum absolute atomic E-state index is 13.5. The van der Waals surface area contributed by atoms with Crippen molar-refractivity contribution in [2.45, 2.75) is 17.9 Å². The normalized spacial score (nSPS) is 24.9. The zero-order chi connectivity index (χ0) is 21.3. The molecule has 4 atom stereocenters. The van der Waals surface area contributed by atoms with E-state index >= 15 is 0 Å². The molecule has 0 fully saturated rings. The summed E-state index contributed by atoms with van der Waals surface area (Å²) in [6, 6.07) is 15.6. The lowest BCUT2D eigenvalue weighted by Gasteiger charge is -2.38. The molecule has 0 N–H and O–H groups in total. The third kappa shape index (κ3) is 3.59. The van der Waals surface area contributed by atoms with Gasteiger partial charge in [0.15, 0.2) is 5.78 Å². The molecule has 4 nitrogen and oxygen atoms in total. The number of Topliss-reactive ketones (excluding diaryl/α,β-unsaturated/α-hetero) is 1. The van der Waals surface area contributed by atoms with Crippen LogP contribution in [0, 0.1) is 24.7 Å². The van der Waals surface area contributed by atoms with E-state index in [-0.39, 0.29) is 35.0 Å². The standard InChI is InChI=1S/C25H25NO3S/c1-3-17-26(30(28,29)21-13-9-18(2)10-14-21)23-16-12-19-11-15-22(23)24(19)25(27)20-7-5-4-6-8-20/h3-16,19,22-24H,1,17H2,2H3/t19-,22+,23-,24-/m0/s1. The van der Waals surface area contributed by atoms with Crippen LogP contribution < -0.4 is 0 Å². The van der Waals surface area contributed by atoms with Gasteiger partial charge in [-0.25, -0.2) is 8.42 Å². The van der Waals surface area contributed by atoms with Crippen molar-refractivity contribution in [2.24, 2.45) is 17.8 Å². The van der Waals surface area contributed by atoms with Crippen LogP contribution in [0.4, 0.5) is 0 Å². The van der Waals surface area contributed by atoms with Gasteiger partial charge in [0.05, 0.1) is 10.9 Å². The van der Waals surface area contributed by atoms with Crippen LogP contribution in [0.15, 0.2) is 96.5 Å². The van der Waals surface area contributed by atoms with Crippen molar-refractivity contribution >= 4 is 15.8 Å². The first-order valence-electron chi connectivity index (χ1n) is 10.1. The Morgan fingerprint density at radius 2 is 1.67 bits per heavy atom. The third-order valence-corrected chi connectivity index (χ3v) is 7.82. The molecule has 2 aliphatic carbocycles. The average Bonchev–Trinajstić information content (AvgIpc) is 3.06. The van der Waals surface area contributed by atoms with Crippen molar-refractivity contribution < 1.29 is 13.2 Å². The second-order valence-corrected chi connectivity index (χ2v) is 9.74. The molecule has 0 spiro atoms. The number of aryl methyl sites for hydroxylation is 1. The summed E-state index contributed by atoms with van der Waals surface area (Å²) >= 11 is 0. The Labute approximate surface area is 178 Å². The van der Waals surface area contributed by atoms with Gasteiger partial charge in [-0.1, -0.05) is 78.4 Å². The highest BCUT2D eigenvalue weighted by molar-refractivity contribution is 7.89. The van der Waals surface area contributed by atoms with Crippen LogP contribution in [-0.2, 0) is 10.0 Å². The van der Waals surface area contributed by atoms with Gasteiger partial charge >= 0.3 is 0 Å². The zero-order valence-corrected chi connectivity index (χ0v) is 17.7. The molecule has 0 saturated heterocycles. The van der Waals surface area contributed by atoms with Crippen LogP contribution in [0.1, 0.15) is 15.9 Å². The summed E-state index contributed by atoms with van der Waals surface area (Å²) in [4.78, 5) is 13.5. The molecule has 0 saturated carbocycles. The van der Waals surface area contributed by atoms with E-state index in [1.807, 2.05) is 61.6 Å². The Kier molecular flexibility index (Phi) is 5.58. The number of ketones is 1. The number of carbonyl (C=O) groups excluding carboxylic acids is 1. The number of hydrogen-bond acceptors (Lipinski definition) is 3. The Bertz CT molecular complexity index is 1100. The molecular formula is C25H25NO3S. The lowest BCUT2D eigenvalue weighted by atomic mass is 9.75. The van der Waals surface area contributed by atoms with Gasteiger partial charge in [0.2, 0.25) is 10.0 Å². The molecule has 0 aromatic heterocycles. The largest absolute Gasteiger partial charge is 0.294 e. The minimum Gasteiger partial charge on any atom is -0.294 e. The molecule has 5 heteroatoms. The third-order valence-electron chi connectivity index (χ3n) is 5.94. The van der Waals surface area contributed by atoms with E-state index in [1.54, 1.807) is 30.3 Å². The fourth-order valence-electron chi connectivity index (χ4n) is 4.42. The lowest BCUT2D eigenvalue weighted by Crippen LogP contribution is -2.47. The van der Waals surface area contributed by atoms with E-state index in [2.05, 4.69) is 6.58 Å². The molecule has 2 bridgehead atoms. The number of carbonyl (C=O) groups is 1. The van der Waals surface area contributed by atoms with Gasteiger partial charge in [0, 0.05) is 29.9 Å². The second kappa shape index (κ2) is 8.17. The molecule has 2 aromatic rings. The number of fused-ring (bicyclic) bond motifs is 2. The minimum absolute atomic E-state index is 0.00776. The van der Waals surface area contributed by atoms with Gasteiger partial charge in [0.1, 0.15) is 0 Å². The smallest absolute Gasteiger partial charge is 0.243 e. The fraction of sp³-hybridized carbons (Fsp3) is 0.240. The first-order valence-corrected chi connectivity index (χ1v) is 11.5. The summed E-state index contributed by atoms with van der Waals surface area (Å²) in [5.41, 5.74) is 1.66. The SMILES string of the molecule is C=CCN([C@H]1C=C[C@@H]2C=C[C@H]1[C@H]2C(=O)c1ccccc1)S(=O)(=O)c1ccc(C)cc1. The van der Waals surface area contributed by atoms with Gasteiger partial charge in [-0.3, -0.25) is 4.79 Å². The summed E-state index contributed by atoms with van der Waals surface area (Å²) in [5, 5.41) is 0. The first kappa shape index (κ1) is 20.5. The van der Waals surface area contributed by atoms with Crippen LogP contribution in [0.5, 0.6) is 0 Å². The zero-order valence-electron chi connectivity index (χ0n) is 16.9. The highest BCUT2D eigenvalue weighted by Crippen LogP contribution is 2.43. The molecule has 154 valence electrons. The van der Waals surface area contributed by atoms with E-state index in [4.69, 9.17) is 0 Å². The number of rotatable bonds is 7. The summed E-state index contributed by atoms with van der Waals surface area (Å²) in [6.45, 7) is 5.86. The summed E-state index contributed by atoms with van der Waals surface area (Å²) in [5.74, 6) is -0.473. The highest BCUT2D eigenvalue weighted by atomic mass is 32.2. The Morgan fingerprint density at radius 3 is 2.33 bits per heavy atom. The van der Waals surface area contributed by atoms with Crippen LogP contribution in [0.2, 0.25) is 0 Å². The molecule has 0 aliphatic heterocycles. The van der Waals surface area contributed by atoms with Crippen molar-refractivity contribution in [2.75, 3.05) is 6.54 Å². The molecule has 0 unspecified atom stereocenters. The molecule has 4 rings (SSSR count). The topological polar surface area (TPSA) is 54.5 Å². The Hall–Kier alpha value is -2.76. The molecule has 2 aromatic carbocycles. The van der Waals surface area contributed by atoms with Crippen molar-refractivity contribution in [3.8, 4) is 0 Å². The fourth-order valence-corrected chi connectivity index (χ4v) is 6.00. The number of sulfonamides is 1. The number of benzene rings is 2. The van der Waals surface area contributed by atoms with Gasteiger partial charge < -0.3 is 0 Å². The predicted molar refractivity (Wildman–Crippen MR) is 119 cm³/mol.